The van der Waals surface area contributed by atoms with E-state index in [0.717, 1.165) is 19.3 Å². The normalized spacial score (nSPS) is 13.8. The fraction of sp³-hybridized carbons (Fsp3) is 1.00. The van der Waals surface area contributed by atoms with Crippen LogP contribution in [0.4, 0.5) is 0 Å². The van der Waals surface area contributed by atoms with Gasteiger partial charge in [-0.2, -0.15) is 0 Å². The Hall–Kier alpha value is -0.120. The fourth-order valence-corrected chi connectivity index (χ4v) is 1.30. The van der Waals surface area contributed by atoms with Crippen LogP contribution in [0.25, 0.3) is 0 Å². The molecule has 0 fully saturated rings. The molecule has 0 radical (unpaired) electrons. The highest BCUT2D eigenvalue weighted by atomic mass is 16.3. The predicted octanol–water partition coefficient (Wildman–Crippen LogP) is 0.386. The molecule has 0 aromatic rings. The quantitative estimate of drug-likeness (QED) is 0.526. The number of hydrogen-bond acceptors (Lipinski definition) is 3. The van der Waals surface area contributed by atoms with Gasteiger partial charge in [-0.1, -0.05) is 19.8 Å². The van der Waals surface area contributed by atoms with Crippen molar-refractivity contribution in [1.29, 1.82) is 0 Å². The van der Waals surface area contributed by atoms with Gasteiger partial charge in [0, 0.05) is 25.7 Å². The standard InChI is InChI=1S/C9H20O3/c1-2-3-4-8(5-10)9(6-11)7-12/h8-12H,2-7H2,1H3. The SMILES string of the molecule is CCCCC(CO)C(CO)CO. The van der Waals surface area contributed by atoms with Crippen LogP contribution < -0.4 is 0 Å². The van der Waals surface area contributed by atoms with Crippen LogP contribution in [0.5, 0.6) is 0 Å². The van der Waals surface area contributed by atoms with Crippen molar-refractivity contribution in [2.45, 2.75) is 26.2 Å². The first-order valence-electron chi connectivity index (χ1n) is 4.62. The zero-order valence-corrected chi connectivity index (χ0v) is 7.74. The van der Waals surface area contributed by atoms with Crippen LogP contribution >= 0.6 is 0 Å². The number of aliphatic hydroxyl groups is 3. The number of unbranched alkanes of at least 4 members (excludes halogenated alkanes) is 1. The van der Waals surface area contributed by atoms with Crippen LogP contribution in [0.2, 0.25) is 0 Å². The van der Waals surface area contributed by atoms with E-state index in [1.165, 1.54) is 0 Å². The van der Waals surface area contributed by atoms with Crippen LogP contribution in [0, 0.1) is 11.8 Å². The van der Waals surface area contributed by atoms with Crippen molar-refractivity contribution in [1.82, 2.24) is 0 Å². The Kier molecular flexibility index (Phi) is 7.45. The molecule has 0 amide bonds. The average molecular weight is 176 g/mol. The average Bonchev–Trinajstić information content (AvgIpc) is 2.12. The van der Waals surface area contributed by atoms with Crippen LogP contribution in [0.15, 0.2) is 0 Å². The Morgan fingerprint density at radius 1 is 0.917 bits per heavy atom. The summed E-state index contributed by atoms with van der Waals surface area (Å²) in [7, 11) is 0. The minimum Gasteiger partial charge on any atom is -0.396 e. The monoisotopic (exact) mass is 176 g/mol. The predicted molar refractivity (Wildman–Crippen MR) is 47.8 cm³/mol. The van der Waals surface area contributed by atoms with Gasteiger partial charge in [0.05, 0.1) is 0 Å². The van der Waals surface area contributed by atoms with Crippen LogP contribution in [0.1, 0.15) is 26.2 Å². The summed E-state index contributed by atoms with van der Waals surface area (Å²) < 4.78 is 0. The van der Waals surface area contributed by atoms with Crippen molar-refractivity contribution in [2.75, 3.05) is 19.8 Å². The van der Waals surface area contributed by atoms with Crippen molar-refractivity contribution in [3.63, 3.8) is 0 Å². The van der Waals surface area contributed by atoms with Gasteiger partial charge in [-0.05, 0) is 12.3 Å². The second-order valence-electron chi connectivity index (χ2n) is 3.21. The first-order chi connectivity index (χ1) is 5.79. The van der Waals surface area contributed by atoms with Crippen molar-refractivity contribution < 1.29 is 15.3 Å². The maximum Gasteiger partial charge on any atom is 0.0484 e. The highest BCUT2D eigenvalue weighted by molar-refractivity contribution is 4.67. The Labute approximate surface area is 74.0 Å². The summed E-state index contributed by atoms with van der Waals surface area (Å²) in [5.74, 6) is -0.0958. The van der Waals surface area contributed by atoms with Gasteiger partial charge in [0.2, 0.25) is 0 Å². The van der Waals surface area contributed by atoms with E-state index in [9.17, 15) is 0 Å². The molecule has 0 saturated heterocycles. The smallest absolute Gasteiger partial charge is 0.0484 e. The maximum atomic E-state index is 8.96. The maximum absolute atomic E-state index is 8.96. The minimum atomic E-state index is -0.151. The van der Waals surface area contributed by atoms with Gasteiger partial charge in [0.25, 0.3) is 0 Å². The lowest BCUT2D eigenvalue weighted by molar-refractivity contribution is 0.0681. The summed E-state index contributed by atoms with van der Waals surface area (Å²) in [5, 5.41) is 26.7. The molecule has 0 saturated carbocycles. The molecule has 0 rings (SSSR count). The number of rotatable bonds is 7. The molecule has 0 aliphatic heterocycles. The topological polar surface area (TPSA) is 60.7 Å². The zero-order valence-electron chi connectivity index (χ0n) is 7.74. The van der Waals surface area contributed by atoms with Crippen LogP contribution in [-0.2, 0) is 0 Å². The summed E-state index contributed by atoms with van der Waals surface area (Å²) in [6.45, 7) is 2.07. The van der Waals surface area contributed by atoms with Gasteiger partial charge < -0.3 is 15.3 Å². The summed E-state index contributed by atoms with van der Waals surface area (Å²) in [6.07, 6.45) is 3.01. The second-order valence-corrected chi connectivity index (χ2v) is 3.21. The first-order valence-corrected chi connectivity index (χ1v) is 4.62. The Balaban J connectivity index is 3.75. The second kappa shape index (κ2) is 7.53. The first kappa shape index (κ1) is 11.9. The Morgan fingerprint density at radius 2 is 1.42 bits per heavy atom. The van der Waals surface area contributed by atoms with Crippen molar-refractivity contribution in [3.8, 4) is 0 Å². The number of hydrogen-bond donors (Lipinski definition) is 3. The lowest BCUT2D eigenvalue weighted by Crippen LogP contribution is -2.25. The molecule has 1 atom stereocenters. The molecule has 0 aromatic heterocycles. The zero-order chi connectivity index (χ0) is 9.40. The van der Waals surface area contributed by atoms with Gasteiger partial charge in [0.1, 0.15) is 0 Å². The van der Waals surface area contributed by atoms with E-state index in [1.54, 1.807) is 0 Å². The molecule has 3 N–H and O–H groups in total. The molecule has 0 heterocycles. The van der Waals surface area contributed by atoms with E-state index in [-0.39, 0.29) is 31.7 Å². The van der Waals surface area contributed by atoms with Crippen LogP contribution in [0.3, 0.4) is 0 Å². The lowest BCUT2D eigenvalue weighted by atomic mass is 9.90. The van der Waals surface area contributed by atoms with Gasteiger partial charge in [0.15, 0.2) is 0 Å². The molecule has 0 aliphatic carbocycles. The highest BCUT2D eigenvalue weighted by Gasteiger charge is 2.18. The van der Waals surface area contributed by atoms with Gasteiger partial charge >= 0.3 is 0 Å². The fourth-order valence-electron chi connectivity index (χ4n) is 1.30. The van der Waals surface area contributed by atoms with Gasteiger partial charge in [-0.3, -0.25) is 0 Å². The Morgan fingerprint density at radius 3 is 1.75 bits per heavy atom. The van der Waals surface area contributed by atoms with E-state index in [2.05, 4.69) is 6.92 Å². The largest absolute Gasteiger partial charge is 0.396 e. The number of aliphatic hydroxyl groups excluding tert-OH is 3. The van der Waals surface area contributed by atoms with Crippen molar-refractivity contribution >= 4 is 0 Å². The van der Waals surface area contributed by atoms with Gasteiger partial charge in [-0.25, -0.2) is 0 Å². The summed E-state index contributed by atoms with van der Waals surface area (Å²) in [5.41, 5.74) is 0. The molecule has 0 bridgehead atoms. The minimum absolute atomic E-state index is 0.0363. The third-order valence-corrected chi connectivity index (χ3v) is 2.30. The summed E-state index contributed by atoms with van der Waals surface area (Å²) >= 11 is 0. The molecular formula is C9H20O3. The molecule has 12 heavy (non-hydrogen) atoms. The third kappa shape index (κ3) is 4.04. The van der Waals surface area contributed by atoms with Crippen molar-refractivity contribution in [3.05, 3.63) is 0 Å². The molecule has 0 spiro atoms. The van der Waals surface area contributed by atoms with E-state index < -0.39 is 0 Å². The molecule has 74 valence electrons. The molecule has 3 heteroatoms. The van der Waals surface area contributed by atoms with E-state index in [4.69, 9.17) is 15.3 Å². The Bertz CT molecular complexity index is 91.8. The molecule has 0 aromatic carbocycles. The van der Waals surface area contributed by atoms with E-state index in [1.807, 2.05) is 0 Å². The van der Waals surface area contributed by atoms with Crippen molar-refractivity contribution in [2.24, 2.45) is 11.8 Å². The summed E-state index contributed by atoms with van der Waals surface area (Å²) in [4.78, 5) is 0. The highest BCUT2D eigenvalue weighted by Crippen LogP contribution is 2.17. The molecule has 3 nitrogen and oxygen atoms in total. The lowest BCUT2D eigenvalue weighted by Gasteiger charge is -2.21. The van der Waals surface area contributed by atoms with E-state index >= 15 is 0 Å². The molecule has 1 unspecified atom stereocenters. The van der Waals surface area contributed by atoms with Crippen LogP contribution in [-0.4, -0.2) is 35.1 Å². The summed E-state index contributed by atoms with van der Waals surface area (Å²) in [6, 6.07) is 0. The molecule has 0 aliphatic rings. The molecular weight excluding hydrogens is 156 g/mol. The third-order valence-electron chi connectivity index (χ3n) is 2.30. The van der Waals surface area contributed by atoms with Gasteiger partial charge in [-0.15, -0.1) is 0 Å². The van der Waals surface area contributed by atoms with E-state index in [0.29, 0.717) is 0 Å².